The molecule has 0 aliphatic carbocycles. The maximum atomic E-state index is 5.20. The second-order valence-corrected chi connectivity index (χ2v) is 6.07. The van der Waals surface area contributed by atoms with Gasteiger partial charge < -0.3 is 15.0 Å². The third-order valence-corrected chi connectivity index (χ3v) is 4.43. The van der Waals surface area contributed by atoms with E-state index in [2.05, 4.69) is 48.3 Å². The Balaban J connectivity index is 1.88. The lowest BCUT2D eigenvalue weighted by Crippen LogP contribution is -2.48. The van der Waals surface area contributed by atoms with Gasteiger partial charge in [0.1, 0.15) is 5.75 Å². The van der Waals surface area contributed by atoms with Crippen molar-refractivity contribution < 1.29 is 4.74 Å². The first-order chi connectivity index (χ1) is 9.65. The predicted octanol–water partition coefficient (Wildman–Crippen LogP) is 2.70. The second kappa shape index (κ2) is 7.09. The molecule has 112 valence electrons. The quantitative estimate of drug-likeness (QED) is 0.895. The van der Waals surface area contributed by atoms with E-state index in [4.69, 9.17) is 4.74 Å². The van der Waals surface area contributed by atoms with E-state index in [1.807, 2.05) is 0 Å². The zero-order chi connectivity index (χ0) is 14.4. The largest absolute Gasteiger partial charge is 0.497 e. The van der Waals surface area contributed by atoms with Gasteiger partial charge in [0.05, 0.1) is 7.11 Å². The first-order valence-corrected chi connectivity index (χ1v) is 7.75. The van der Waals surface area contributed by atoms with Gasteiger partial charge in [-0.1, -0.05) is 19.1 Å². The van der Waals surface area contributed by atoms with Crippen molar-refractivity contribution in [2.24, 2.45) is 0 Å². The minimum Gasteiger partial charge on any atom is -0.497 e. The summed E-state index contributed by atoms with van der Waals surface area (Å²) in [5, 5.41) is 3.69. The number of rotatable bonds is 5. The number of nitrogens with zero attached hydrogens (tertiary/aromatic N) is 1. The molecule has 1 saturated heterocycles. The number of ether oxygens (including phenoxy) is 1. The van der Waals surface area contributed by atoms with Crippen molar-refractivity contribution in [2.45, 2.75) is 38.6 Å². The SMILES string of the molecule is CCC1(C)CN(CCc2ccc(OC)cc2)CCCN1. The average molecular weight is 276 g/mol. The number of hydrogen-bond donors (Lipinski definition) is 1. The van der Waals surface area contributed by atoms with Crippen LogP contribution in [0, 0.1) is 0 Å². The van der Waals surface area contributed by atoms with Crippen LogP contribution in [0.15, 0.2) is 24.3 Å². The molecule has 0 bridgehead atoms. The Morgan fingerprint density at radius 3 is 2.70 bits per heavy atom. The highest BCUT2D eigenvalue weighted by Gasteiger charge is 2.26. The Morgan fingerprint density at radius 1 is 1.30 bits per heavy atom. The molecule has 0 saturated carbocycles. The van der Waals surface area contributed by atoms with E-state index in [1.165, 1.54) is 24.9 Å². The zero-order valence-corrected chi connectivity index (χ0v) is 13.1. The van der Waals surface area contributed by atoms with Gasteiger partial charge in [-0.15, -0.1) is 0 Å². The molecule has 0 amide bonds. The first kappa shape index (κ1) is 15.3. The number of hydrogen-bond acceptors (Lipinski definition) is 3. The van der Waals surface area contributed by atoms with Crippen molar-refractivity contribution in [3.05, 3.63) is 29.8 Å². The molecular weight excluding hydrogens is 248 g/mol. The summed E-state index contributed by atoms with van der Waals surface area (Å²) in [6, 6.07) is 8.45. The predicted molar refractivity (Wildman–Crippen MR) is 84.5 cm³/mol. The molecule has 0 radical (unpaired) electrons. The molecule has 1 aromatic rings. The van der Waals surface area contributed by atoms with Gasteiger partial charge in [0.25, 0.3) is 0 Å². The zero-order valence-electron chi connectivity index (χ0n) is 13.1. The molecule has 3 heteroatoms. The molecule has 1 atom stereocenters. The van der Waals surface area contributed by atoms with Gasteiger partial charge in [-0.3, -0.25) is 0 Å². The number of benzene rings is 1. The molecule has 0 aromatic heterocycles. The second-order valence-electron chi connectivity index (χ2n) is 6.07. The van der Waals surface area contributed by atoms with Gasteiger partial charge in [0.15, 0.2) is 0 Å². The molecule has 0 spiro atoms. The fourth-order valence-electron chi connectivity index (χ4n) is 2.83. The third kappa shape index (κ3) is 4.22. The average Bonchev–Trinajstić information content (AvgIpc) is 2.68. The lowest BCUT2D eigenvalue weighted by Gasteiger charge is -2.32. The topological polar surface area (TPSA) is 24.5 Å². The highest BCUT2D eigenvalue weighted by molar-refractivity contribution is 5.27. The van der Waals surface area contributed by atoms with E-state index in [0.29, 0.717) is 0 Å². The van der Waals surface area contributed by atoms with E-state index in [9.17, 15) is 0 Å². The molecule has 1 fully saturated rings. The summed E-state index contributed by atoms with van der Waals surface area (Å²) in [4.78, 5) is 2.60. The summed E-state index contributed by atoms with van der Waals surface area (Å²) in [5.74, 6) is 0.936. The van der Waals surface area contributed by atoms with Crippen LogP contribution in [0.2, 0.25) is 0 Å². The summed E-state index contributed by atoms with van der Waals surface area (Å²) in [6.07, 6.45) is 3.55. The van der Waals surface area contributed by atoms with Crippen LogP contribution in [-0.4, -0.2) is 43.7 Å². The van der Waals surface area contributed by atoms with Gasteiger partial charge in [-0.25, -0.2) is 0 Å². The molecule has 3 nitrogen and oxygen atoms in total. The van der Waals surface area contributed by atoms with Crippen LogP contribution in [-0.2, 0) is 6.42 Å². The van der Waals surface area contributed by atoms with Crippen LogP contribution in [0.25, 0.3) is 0 Å². The van der Waals surface area contributed by atoms with Crippen molar-refractivity contribution in [3.8, 4) is 5.75 Å². The maximum Gasteiger partial charge on any atom is 0.118 e. The Labute approximate surface area is 123 Å². The standard InChI is InChI=1S/C17H28N2O/c1-4-17(2)14-19(12-5-11-18-17)13-10-15-6-8-16(20-3)9-7-15/h6-9,18H,4-5,10-14H2,1-3H3. The van der Waals surface area contributed by atoms with E-state index in [1.54, 1.807) is 7.11 Å². The molecule has 1 aliphatic heterocycles. The molecule has 1 unspecified atom stereocenters. The van der Waals surface area contributed by atoms with E-state index >= 15 is 0 Å². The number of methoxy groups -OCH3 is 1. The van der Waals surface area contributed by atoms with Gasteiger partial charge in [0, 0.05) is 18.6 Å². The summed E-state index contributed by atoms with van der Waals surface area (Å²) in [6.45, 7) is 9.27. The highest BCUT2D eigenvalue weighted by atomic mass is 16.5. The fourth-order valence-corrected chi connectivity index (χ4v) is 2.83. The Morgan fingerprint density at radius 2 is 2.05 bits per heavy atom. The normalized spacial score (nSPS) is 24.4. The third-order valence-electron chi connectivity index (χ3n) is 4.43. The number of nitrogens with one attached hydrogen (secondary N) is 1. The van der Waals surface area contributed by atoms with Crippen molar-refractivity contribution in [3.63, 3.8) is 0 Å². The van der Waals surface area contributed by atoms with Gasteiger partial charge >= 0.3 is 0 Å². The van der Waals surface area contributed by atoms with Crippen molar-refractivity contribution >= 4 is 0 Å². The Kier molecular flexibility index (Phi) is 5.44. The van der Waals surface area contributed by atoms with E-state index in [-0.39, 0.29) is 5.54 Å². The van der Waals surface area contributed by atoms with Crippen LogP contribution in [0.5, 0.6) is 5.75 Å². The molecule has 20 heavy (non-hydrogen) atoms. The lowest BCUT2D eigenvalue weighted by atomic mass is 9.98. The van der Waals surface area contributed by atoms with Crippen LogP contribution in [0.3, 0.4) is 0 Å². The molecule has 1 aliphatic rings. The van der Waals surface area contributed by atoms with Crippen molar-refractivity contribution in [1.29, 1.82) is 0 Å². The van der Waals surface area contributed by atoms with Crippen LogP contribution < -0.4 is 10.1 Å². The lowest BCUT2D eigenvalue weighted by molar-refractivity contribution is 0.217. The van der Waals surface area contributed by atoms with E-state index < -0.39 is 0 Å². The van der Waals surface area contributed by atoms with Crippen LogP contribution >= 0.6 is 0 Å². The molecule has 1 N–H and O–H groups in total. The monoisotopic (exact) mass is 276 g/mol. The summed E-state index contributed by atoms with van der Waals surface area (Å²) in [5.41, 5.74) is 1.66. The summed E-state index contributed by atoms with van der Waals surface area (Å²) >= 11 is 0. The minimum absolute atomic E-state index is 0.274. The molecule has 2 rings (SSSR count). The molecule has 1 heterocycles. The Bertz CT molecular complexity index is 404. The first-order valence-electron chi connectivity index (χ1n) is 7.75. The van der Waals surface area contributed by atoms with Gasteiger partial charge in [-0.05, 0) is 57.0 Å². The summed E-state index contributed by atoms with van der Waals surface area (Å²) in [7, 11) is 1.71. The molecular formula is C17H28N2O. The van der Waals surface area contributed by atoms with E-state index in [0.717, 1.165) is 31.8 Å². The highest BCUT2D eigenvalue weighted by Crippen LogP contribution is 2.16. The van der Waals surface area contributed by atoms with Crippen molar-refractivity contribution in [1.82, 2.24) is 10.2 Å². The molecule has 1 aromatic carbocycles. The van der Waals surface area contributed by atoms with Gasteiger partial charge in [0.2, 0.25) is 0 Å². The van der Waals surface area contributed by atoms with Gasteiger partial charge in [-0.2, -0.15) is 0 Å². The smallest absolute Gasteiger partial charge is 0.118 e. The summed E-state index contributed by atoms with van der Waals surface area (Å²) < 4.78 is 5.20. The van der Waals surface area contributed by atoms with Crippen LogP contribution in [0.1, 0.15) is 32.3 Å². The van der Waals surface area contributed by atoms with Crippen molar-refractivity contribution in [2.75, 3.05) is 33.3 Å². The Hall–Kier alpha value is -1.06. The maximum absolute atomic E-state index is 5.20. The minimum atomic E-state index is 0.274. The fraction of sp³-hybridized carbons (Fsp3) is 0.647. The van der Waals surface area contributed by atoms with Crippen LogP contribution in [0.4, 0.5) is 0 Å².